The molecule has 0 aromatic heterocycles. The van der Waals surface area contributed by atoms with E-state index in [2.05, 4.69) is 0 Å². The summed E-state index contributed by atoms with van der Waals surface area (Å²) in [5.41, 5.74) is -0.326. The van der Waals surface area contributed by atoms with Gasteiger partial charge in [0.15, 0.2) is 5.44 Å². The molecule has 1 aromatic rings. The molecule has 1 aromatic carbocycles. The van der Waals surface area contributed by atoms with Crippen LogP contribution in [-0.2, 0) is 10.5 Å². The van der Waals surface area contributed by atoms with Crippen molar-refractivity contribution in [2.75, 3.05) is 0 Å². The summed E-state index contributed by atoms with van der Waals surface area (Å²) in [6.45, 7) is 0. The summed E-state index contributed by atoms with van der Waals surface area (Å²) in [4.78, 5) is 10.2. The first kappa shape index (κ1) is 13.3. The van der Waals surface area contributed by atoms with Crippen molar-refractivity contribution in [2.45, 2.75) is 11.2 Å². The van der Waals surface area contributed by atoms with Gasteiger partial charge < -0.3 is 10.2 Å². The molecule has 1 atom stereocenters. The molecule has 78 valence electrons. The van der Waals surface area contributed by atoms with Crippen LogP contribution in [0.25, 0.3) is 0 Å². The summed E-state index contributed by atoms with van der Waals surface area (Å²) in [5, 5.41) is 17.3. The number of carboxylic acids is 1. The molecule has 0 aliphatic carbocycles. The Morgan fingerprint density at radius 2 is 1.93 bits per heavy atom. The molecule has 5 heteroatoms. The number of thioether (sulfide) groups is 1. The smallest absolute Gasteiger partial charge is 0.343 e. The predicted molar refractivity (Wildman–Crippen MR) is 58.6 cm³/mol. The highest BCUT2D eigenvalue weighted by molar-refractivity contribution is 7.99. The second-order valence-electron chi connectivity index (χ2n) is 2.49. The van der Waals surface area contributed by atoms with E-state index < -0.39 is 11.4 Å². The van der Waals surface area contributed by atoms with Crippen molar-refractivity contribution in [3.63, 3.8) is 0 Å². The summed E-state index contributed by atoms with van der Waals surface area (Å²) in [5.74, 6) is -0.685. The Morgan fingerprint density at radius 3 is 2.43 bits per heavy atom. The second-order valence-corrected chi connectivity index (χ2v) is 3.56. The number of aliphatic hydroxyl groups excluding tert-OH is 1. The number of carbonyl (C=O) groups is 1. The number of halogens is 1. The van der Waals surface area contributed by atoms with Crippen LogP contribution in [-0.4, -0.2) is 21.6 Å². The quantitative estimate of drug-likeness (QED) is 0.780. The van der Waals surface area contributed by atoms with E-state index in [9.17, 15) is 4.79 Å². The van der Waals surface area contributed by atoms with Crippen LogP contribution in [0.1, 0.15) is 5.56 Å². The standard InChI is InChI=1S/C9H10O3S.ClH/c10-8(11)9(12)13-6-7-4-2-1-3-5-7;/h1-5,9,12H,6H2,(H,10,11);1H. The van der Waals surface area contributed by atoms with Crippen molar-refractivity contribution < 1.29 is 15.0 Å². The third-order valence-corrected chi connectivity index (χ3v) is 2.48. The molecule has 0 aliphatic heterocycles. The highest BCUT2D eigenvalue weighted by Gasteiger charge is 2.12. The molecular weight excluding hydrogens is 224 g/mol. The van der Waals surface area contributed by atoms with Crippen molar-refractivity contribution in [3.05, 3.63) is 35.9 Å². The van der Waals surface area contributed by atoms with Crippen LogP contribution in [0, 0.1) is 0 Å². The van der Waals surface area contributed by atoms with Gasteiger partial charge in [0.2, 0.25) is 0 Å². The zero-order valence-corrected chi connectivity index (χ0v) is 8.92. The van der Waals surface area contributed by atoms with Crippen molar-refractivity contribution in [2.24, 2.45) is 0 Å². The zero-order chi connectivity index (χ0) is 9.68. The topological polar surface area (TPSA) is 57.5 Å². The third-order valence-electron chi connectivity index (χ3n) is 1.46. The van der Waals surface area contributed by atoms with Gasteiger partial charge in [0.1, 0.15) is 0 Å². The van der Waals surface area contributed by atoms with Crippen LogP contribution in [0.3, 0.4) is 0 Å². The Balaban J connectivity index is 0.00000169. The molecule has 0 fully saturated rings. The van der Waals surface area contributed by atoms with Crippen molar-refractivity contribution in [1.29, 1.82) is 0 Å². The van der Waals surface area contributed by atoms with Crippen molar-refractivity contribution in [1.82, 2.24) is 0 Å². The lowest BCUT2D eigenvalue weighted by Gasteiger charge is -2.04. The average Bonchev–Trinajstić information content (AvgIpc) is 2.15. The Kier molecular flexibility index (Phi) is 6.36. The molecule has 0 radical (unpaired) electrons. The molecule has 3 nitrogen and oxygen atoms in total. The van der Waals surface area contributed by atoms with Crippen molar-refractivity contribution in [3.8, 4) is 0 Å². The molecule has 1 rings (SSSR count). The molecule has 0 heterocycles. The van der Waals surface area contributed by atoms with Crippen LogP contribution >= 0.6 is 24.2 Å². The van der Waals surface area contributed by atoms with Crippen LogP contribution in [0.4, 0.5) is 0 Å². The van der Waals surface area contributed by atoms with Gasteiger partial charge in [-0.15, -0.1) is 24.2 Å². The van der Waals surface area contributed by atoms with Gasteiger partial charge >= 0.3 is 5.97 Å². The highest BCUT2D eigenvalue weighted by Crippen LogP contribution is 2.15. The fourth-order valence-electron chi connectivity index (χ4n) is 0.821. The van der Waals surface area contributed by atoms with Crippen LogP contribution in [0.5, 0.6) is 0 Å². The number of carboxylic acid groups (broad SMARTS) is 1. The molecule has 0 aliphatic rings. The zero-order valence-electron chi connectivity index (χ0n) is 7.29. The number of aliphatic hydroxyl groups is 1. The molecule has 14 heavy (non-hydrogen) atoms. The SMILES string of the molecule is Cl.O=C(O)C(O)SCc1ccccc1. The van der Waals surface area contributed by atoms with E-state index >= 15 is 0 Å². The maximum Gasteiger partial charge on any atom is 0.343 e. The maximum absolute atomic E-state index is 10.2. The number of hydrogen-bond acceptors (Lipinski definition) is 3. The average molecular weight is 235 g/mol. The van der Waals surface area contributed by atoms with Crippen LogP contribution in [0.2, 0.25) is 0 Å². The number of benzene rings is 1. The molecule has 0 saturated heterocycles. The van der Waals surface area contributed by atoms with Gasteiger partial charge in [-0.1, -0.05) is 30.3 Å². The Hall–Kier alpha value is -0.710. The van der Waals surface area contributed by atoms with Gasteiger partial charge in [-0.25, -0.2) is 4.79 Å². The summed E-state index contributed by atoms with van der Waals surface area (Å²) in [6.07, 6.45) is 0. The summed E-state index contributed by atoms with van der Waals surface area (Å²) < 4.78 is 0. The fourth-order valence-corrected chi connectivity index (χ4v) is 1.51. The minimum Gasteiger partial charge on any atom is -0.479 e. The Morgan fingerprint density at radius 1 is 1.36 bits per heavy atom. The number of hydrogen-bond donors (Lipinski definition) is 2. The third kappa shape index (κ3) is 4.50. The Bertz CT molecular complexity index is 279. The van der Waals surface area contributed by atoms with E-state index in [4.69, 9.17) is 10.2 Å². The normalized spacial score (nSPS) is 11.5. The monoisotopic (exact) mass is 234 g/mol. The Labute approximate surface area is 92.6 Å². The lowest BCUT2D eigenvalue weighted by atomic mass is 10.2. The van der Waals surface area contributed by atoms with Gasteiger partial charge in [-0.05, 0) is 5.56 Å². The van der Waals surface area contributed by atoms with Gasteiger partial charge in [-0.2, -0.15) is 0 Å². The fraction of sp³-hybridized carbons (Fsp3) is 0.222. The van der Waals surface area contributed by atoms with E-state index in [1.54, 1.807) is 0 Å². The minimum atomic E-state index is -1.33. The largest absolute Gasteiger partial charge is 0.479 e. The highest BCUT2D eigenvalue weighted by atomic mass is 35.5. The molecule has 0 spiro atoms. The first-order chi connectivity index (χ1) is 6.20. The first-order valence-corrected chi connectivity index (χ1v) is 4.81. The minimum absolute atomic E-state index is 0. The van der Waals surface area contributed by atoms with Gasteiger partial charge in [0, 0.05) is 5.75 Å². The van der Waals surface area contributed by atoms with E-state index in [-0.39, 0.29) is 12.4 Å². The summed E-state index contributed by atoms with van der Waals surface area (Å²) in [6, 6.07) is 9.43. The number of rotatable bonds is 4. The lowest BCUT2D eigenvalue weighted by Crippen LogP contribution is -2.14. The molecular formula is C9H11ClO3S. The van der Waals surface area contributed by atoms with Crippen LogP contribution < -0.4 is 0 Å². The van der Waals surface area contributed by atoms with E-state index in [0.717, 1.165) is 17.3 Å². The molecule has 0 amide bonds. The van der Waals surface area contributed by atoms with Crippen LogP contribution in [0.15, 0.2) is 30.3 Å². The summed E-state index contributed by atoms with van der Waals surface area (Å²) >= 11 is 0.994. The maximum atomic E-state index is 10.2. The van der Waals surface area contributed by atoms with E-state index in [0.29, 0.717) is 5.75 Å². The van der Waals surface area contributed by atoms with E-state index in [1.165, 1.54) is 0 Å². The van der Waals surface area contributed by atoms with Gasteiger partial charge in [0.25, 0.3) is 0 Å². The molecule has 0 saturated carbocycles. The second kappa shape index (κ2) is 6.70. The molecule has 2 N–H and O–H groups in total. The molecule has 0 bridgehead atoms. The van der Waals surface area contributed by atoms with Gasteiger partial charge in [-0.3, -0.25) is 0 Å². The lowest BCUT2D eigenvalue weighted by molar-refractivity contribution is -0.141. The first-order valence-electron chi connectivity index (χ1n) is 3.76. The van der Waals surface area contributed by atoms with E-state index in [1.807, 2.05) is 30.3 Å². The van der Waals surface area contributed by atoms with Crippen molar-refractivity contribution >= 4 is 30.1 Å². The summed E-state index contributed by atoms with van der Waals surface area (Å²) in [7, 11) is 0. The molecule has 1 unspecified atom stereocenters. The van der Waals surface area contributed by atoms with Gasteiger partial charge in [0.05, 0.1) is 0 Å². The number of aliphatic carboxylic acids is 1. The predicted octanol–water partition coefficient (Wildman–Crippen LogP) is 1.74.